The van der Waals surface area contributed by atoms with E-state index in [1.165, 1.54) is 4.90 Å². The number of H-pyrrole nitrogens is 1. The molecule has 2 N–H and O–H groups in total. The molecule has 27 heavy (non-hydrogen) atoms. The molecule has 3 rings (SSSR count). The van der Waals surface area contributed by atoms with Gasteiger partial charge in [0.25, 0.3) is 5.56 Å². The number of aromatic nitrogens is 2. The zero-order chi connectivity index (χ0) is 19.4. The number of ether oxygens (including phenoxy) is 1. The maximum atomic E-state index is 12.3. The average Bonchev–Trinajstić information content (AvgIpc) is 2.67. The third-order valence-corrected chi connectivity index (χ3v) is 4.71. The Bertz CT molecular complexity index is 1030. The standard InChI is InChI=1S/C21H23N3O3/c1-4-24(12-16-11-15(14(2)25)9-10-19(16)27-3)13-20-22-18-8-6-5-7-17(18)21(26)23-20/h5-11H,4,12-13H2,1-3H3,(H,22,23,26)/p+1. The smallest absolute Gasteiger partial charge is 0.258 e. The van der Waals surface area contributed by atoms with Crippen molar-refractivity contribution in [1.82, 2.24) is 9.97 Å². The maximum Gasteiger partial charge on any atom is 0.258 e. The summed E-state index contributed by atoms with van der Waals surface area (Å²) >= 11 is 0. The number of hydrogen-bond donors (Lipinski definition) is 2. The molecule has 0 saturated carbocycles. The molecule has 2 aromatic carbocycles. The maximum absolute atomic E-state index is 12.3. The molecule has 6 nitrogen and oxygen atoms in total. The summed E-state index contributed by atoms with van der Waals surface area (Å²) in [6.45, 7) is 5.71. The fraction of sp³-hybridized carbons (Fsp3) is 0.286. The molecule has 0 spiro atoms. The molecule has 1 atom stereocenters. The number of nitrogens with zero attached hydrogens (tertiary/aromatic N) is 1. The molecule has 0 radical (unpaired) electrons. The van der Waals surface area contributed by atoms with Gasteiger partial charge >= 0.3 is 0 Å². The summed E-state index contributed by atoms with van der Waals surface area (Å²) in [7, 11) is 1.63. The minimum absolute atomic E-state index is 0.0254. The Balaban J connectivity index is 1.87. The number of carbonyl (C=O) groups excluding carboxylic acids is 1. The largest absolute Gasteiger partial charge is 0.496 e. The first-order valence-corrected chi connectivity index (χ1v) is 9.01. The minimum Gasteiger partial charge on any atom is -0.496 e. The third-order valence-electron chi connectivity index (χ3n) is 4.71. The fourth-order valence-corrected chi connectivity index (χ4v) is 3.17. The van der Waals surface area contributed by atoms with Gasteiger partial charge in [0.05, 0.1) is 24.6 Å². The predicted octanol–water partition coefficient (Wildman–Crippen LogP) is 1.74. The summed E-state index contributed by atoms with van der Waals surface area (Å²) in [4.78, 5) is 32.7. The van der Waals surface area contributed by atoms with E-state index in [1.807, 2.05) is 30.3 Å². The van der Waals surface area contributed by atoms with Gasteiger partial charge in [0, 0.05) is 11.1 Å². The molecule has 1 unspecified atom stereocenters. The van der Waals surface area contributed by atoms with E-state index in [9.17, 15) is 9.59 Å². The molecule has 140 valence electrons. The van der Waals surface area contributed by atoms with Gasteiger partial charge in [-0.15, -0.1) is 0 Å². The summed E-state index contributed by atoms with van der Waals surface area (Å²) in [6, 6.07) is 12.8. The molecule has 0 aliphatic carbocycles. The fourth-order valence-electron chi connectivity index (χ4n) is 3.17. The molecule has 0 bridgehead atoms. The Kier molecular flexibility index (Phi) is 5.66. The molecule has 0 aliphatic heterocycles. The van der Waals surface area contributed by atoms with Crippen LogP contribution in [0.4, 0.5) is 0 Å². The summed E-state index contributed by atoms with van der Waals surface area (Å²) in [5.74, 6) is 1.43. The first-order chi connectivity index (χ1) is 13.0. The van der Waals surface area contributed by atoms with Crippen LogP contribution in [0.25, 0.3) is 10.9 Å². The van der Waals surface area contributed by atoms with Gasteiger partial charge in [-0.25, -0.2) is 4.98 Å². The van der Waals surface area contributed by atoms with E-state index < -0.39 is 0 Å². The van der Waals surface area contributed by atoms with Crippen molar-refractivity contribution in [3.8, 4) is 5.75 Å². The first kappa shape index (κ1) is 18.8. The van der Waals surface area contributed by atoms with Crippen molar-refractivity contribution in [2.75, 3.05) is 13.7 Å². The second kappa shape index (κ2) is 8.14. The number of nitrogens with one attached hydrogen (secondary N) is 2. The van der Waals surface area contributed by atoms with Gasteiger partial charge < -0.3 is 14.6 Å². The van der Waals surface area contributed by atoms with Crippen LogP contribution in [-0.2, 0) is 13.1 Å². The van der Waals surface area contributed by atoms with Crippen molar-refractivity contribution in [3.05, 3.63) is 69.8 Å². The number of rotatable bonds is 7. The second-order valence-electron chi connectivity index (χ2n) is 6.57. The number of carbonyl (C=O) groups is 1. The molecule has 0 aliphatic rings. The van der Waals surface area contributed by atoms with Crippen molar-refractivity contribution in [1.29, 1.82) is 0 Å². The second-order valence-corrected chi connectivity index (χ2v) is 6.57. The van der Waals surface area contributed by atoms with Gasteiger partial charge in [0.1, 0.15) is 18.8 Å². The lowest BCUT2D eigenvalue weighted by Crippen LogP contribution is -3.09. The Morgan fingerprint density at radius 3 is 2.67 bits per heavy atom. The molecular weight excluding hydrogens is 342 g/mol. The van der Waals surface area contributed by atoms with E-state index in [-0.39, 0.29) is 11.3 Å². The Hall–Kier alpha value is -2.99. The molecule has 1 aromatic heterocycles. The lowest BCUT2D eigenvalue weighted by Gasteiger charge is -2.19. The monoisotopic (exact) mass is 366 g/mol. The quantitative estimate of drug-likeness (QED) is 0.625. The zero-order valence-electron chi connectivity index (χ0n) is 15.8. The Morgan fingerprint density at radius 2 is 1.96 bits per heavy atom. The Morgan fingerprint density at radius 1 is 1.19 bits per heavy atom. The van der Waals surface area contributed by atoms with Crippen LogP contribution in [0.2, 0.25) is 0 Å². The van der Waals surface area contributed by atoms with Crippen molar-refractivity contribution >= 4 is 16.7 Å². The third kappa shape index (κ3) is 4.23. The zero-order valence-corrected chi connectivity index (χ0v) is 15.8. The number of quaternary nitrogens is 1. The lowest BCUT2D eigenvalue weighted by molar-refractivity contribution is -0.926. The van der Waals surface area contributed by atoms with E-state index in [0.29, 0.717) is 35.4 Å². The van der Waals surface area contributed by atoms with Crippen LogP contribution in [0, 0.1) is 0 Å². The highest BCUT2D eigenvalue weighted by Gasteiger charge is 2.16. The van der Waals surface area contributed by atoms with Crippen LogP contribution in [0.1, 0.15) is 35.6 Å². The molecule has 6 heteroatoms. The number of methoxy groups -OCH3 is 1. The van der Waals surface area contributed by atoms with Gasteiger partial charge in [-0.1, -0.05) is 12.1 Å². The van der Waals surface area contributed by atoms with E-state index in [4.69, 9.17) is 4.74 Å². The number of fused-ring (bicyclic) bond motifs is 1. The van der Waals surface area contributed by atoms with Gasteiger partial charge in [-0.2, -0.15) is 0 Å². The molecule has 1 heterocycles. The molecule has 0 amide bonds. The lowest BCUT2D eigenvalue weighted by atomic mass is 10.1. The normalized spacial score (nSPS) is 12.1. The number of Topliss-reactive ketones (excluding diaryl/α,β-unsaturated/α-hetero) is 1. The van der Waals surface area contributed by atoms with Crippen LogP contribution in [0.3, 0.4) is 0 Å². The number of benzene rings is 2. The van der Waals surface area contributed by atoms with E-state index in [0.717, 1.165) is 17.9 Å². The number of hydrogen-bond acceptors (Lipinski definition) is 4. The van der Waals surface area contributed by atoms with E-state index in [1.54, 1.807) is 26.2 Å². The van der Waals surface area contributed by atoms with Crippen LogP contribution in [-0.4, -0.2) is 29.4 Å². The van der Waals surface area contributed by atoms with Crippen LogP contribution in [0.5, 0.6) is 5.75 Å². The van der Waals surface area contributed by atoms with E-state index >= 15 is 0 Å². The number of ketones is 1. The van der Waals surface area contributed by atoms with Gasteiger partial charge in [0.15, 0.2) is 11.6 Å². The van der Waals surface area contributed by atoms with Crippen LogP contribution >= 0.6 is 0 Å². The van der Waals surface area contributed by atoms with Gasteiger partial charge in [-0.3, -0.25) is 9.59 Å². The average molecular weight is 366 g/mol. The van der Waals surface area contributed by atoms with Gasteiger partial charge in [-0.05, 0) is 44.2 Å². The highest BCUT2D eigenvalue weighted by Crippen LogP contribution is 2.19. The van der Waals surface area contributed by atoms with Crippen molar-refractivity contribution in [2.24, 2.45) is 0 Å². The first-order valence-electron chi connectivity index (χ1n) is 9.01. The predicted molar refractivity (Wildman–Crippen MR) is 104 cm³/mol. The van der Waals surface area contributed by atoms with Crippen molar-refractivity contribution < 1.29 is 14.4 Å². The summed E-state index contributed by atoms with van der Waals surface area (Å²) < 4.78 is 5.45. The van der Waals surface area contributed by atoms with Crippen molar-refractivity contribution in [3.63, 3.8) is 0 Å². The minimum atomic E-state index is -0.123. The molecule has 3 aromatic rings. The summed E-state index contributed by atoms with van der Waals surface area (Å²) in [5, 5.41) is 0.593. The number of aromatic amines is 1. The topological polar surface area (TPSA) is 76.5 Å². The Labute approximate surface area is 157 Å². The highest BCUT2D eigenvalue weighted by atomic mass is 16.5. The summed E-state index contributed by atoms with van der Waals surface area (Å²) in [5.41, 5.74) is 2.20. The van der Waals surface area contributed by atoms with E-state index in [2.05, 4.69) is 16.9 Å². The van der Waals surface area contributed by atoms with Crippen molar-refractivity contribution in [2.45, 2.75) is 26.9 Å². The van der Waals surface area contributed by atoms with Crippen LogP contribution in [0.15, 0.2) is 47.3 Å². The summed E-state index contributed by atoms with van der Waals surface area (Å²) in [6.07, 6.45) is 0. The van der Waals surface area contributed by atoms with Gasteiger partial charge in [0.2, 0.25) is 0 Å². The number of para-hydroxylation sites is 1. The molecular formula is C21H24N3O3+. The van der Waals surface area contributed by atoms with Crippen LogP contribution < -0.4 is 15.2 Å². The highest BCUT2D eigenvalue weighted by molar-refractivity contribution is 5.94. The SMILES string of the molecule is CC[NH+](Cc1nc2ccccc2c(=O)[nH]1)Cc1cc(C(C)=O)ccc1OC. The molecule has 0 saturated heterocycles. The molecule has 0 fully saturated rings.